The number of nitrogens with two attached hydrogens (primary N) is 1. The minimum Gasteiger partial charge on any atom is -0.388 e. The van der Waals surface area contributed by atoms with Gasteiger partial charge in [0.15, 0.2) is 0 Å². The molecule has 0 aromatic carbocycles. The van der Waals surface area contributed by atoms with Gasteiger partial charge in [-0.2, -0.15) is 0 Å². The molecule has 0 saturated heterocycles. The van der Waals surface area contributed by atoms with Crippen molar-refractivity contribution in [3.63, 3.8) is 0 Å². The Morgan fingerprint density at radius 3 is 2.94 bits per heavy atom. The zero-order valence-corrected chi connectivity index (χ0v) is 9.82. The van der Waals surface area contributed by atoms with Gasteiger partial charge in [0.1, 0.15) is 11.6 Å². The maximum absolute atomic E-state index is 9.96. The number of aromatic nitrogens is 3. The molecular weight excluding hydrogens is 204 g/mol. The lowest BCUT2D eigenvalue weighted by molar-refractivity contribution is 0.0664. The number of hydrogen-bond donors (Lipinski definition) is 2. The second-order valence-electron chi connectivity index (χ2n) is 4.87. The van der Waals surface area contributed by atoms with Crippen LogP contribution in [0.3, 0.4) is 0 Å². The van der Waals surface area contributed by atoms with Crippen molar-refractivity contribution < 1.29 is 5.11 Å². The van der Waals surface area contributed by atoms with E-state index in [9.17, 15) is 5.11 Å². The topological polar surface area (TPSA) is 77.0 Å². The van der Waals surface area contributed by atoms with Gasteiger partial charge in [0.2, 0.25) is 0 Å². The highest BCUT2D eigenvalue weighted by atomic mass is 16.3. The van der Waals surface area contributed by atoms with Gasteiger partial charge in [0.25, 0.3) is 0 Å². The normalized spacial score (nSPS) is 19.9. The maximum Gasteiger partial charge on any atom is 0.135 e. The van der Waals surface area contributed by atoms with Gasteiger partial charge in [-0.25, -0.2) is 0 Å². The molecule has 0 radical (unpaired) electrons. The van der Waals surface area contributed by atoms with Crippen molar-refractivity contribution in [2.24, 2.45) is 5.73 Å². The number of aliphatic hydroxyl groups is 1. The third-order valence-electron chi connectivity index (χ3n) is 3.16. The van der Waals surface area contributed by atoms with E-state index in [0.717, 1.165) is 24.6 Å². The molecule has 0 amide bonds. The van der Waals surface area contributed by atoms with Crippen LogP contribution in [0.1, 0.15) is 37.8 Å². The van der Waals surface area contributed by atoms with Gasteiger partial charge in [-0.3, -0.25) is 0 Å². The van der Waals surface area contributed by atoms with E-state index in [4.69, 9.17) is 5.73 Å². The van der Waals surface area contributed by atoms with E-state index in [2.05, 4.69) is 14.8 Å². The summed E-state index contributed by atoms with van der Waals surface area (Å²) in [5.41, 5.74) is 4.64. The monoisotopic (exact) mass is 224 g/mol. The first-order chi connectivity index (χ1) is 7.62. The SMILES string of the molecule is CC(O)(CN)Cc1nnc2n1CCCCC2. The fourth-order valence-electron chi connectivity index (χ4n) is 2.09. The van der Waals surface area contributed by atoms with Crippen LogP contribution in [0.15, 0.2) is 0 Å². The van der Waals surface area contributed by atoms with Crippen LogP contribution in [0.25, 0.3) is 0 Å². The summed E-state index contributed by atoms with van der Waals surface area (Å²) in [7, 11) is 0. The first-order valence-electron chi connectivity index (χ1n) is 5.96. The molecule has 0 aliphatic carbocycles. The smallest absolute Gasteiger partial charge is 0.135 e. The second kappa shape index (κ2) is 4.51. The van der Waals surface area contributed by atoms with Gasteiger partial charge in [0, 0.05) is 25.9 Å². The molecule has 1 aromatic heterocycles. The number of fused-ring (bicyclic) bond motifs is 1. The summed E-state index contributed by atoms with van der Waals surface area (Å²) in [4.78, 5) is 0. The molecular formula is C11H20N4O. The Hall–Kier alpha value is -0.940. The molecule has 2 heterocycles. The number of rotatable bonds is 3. The van der Waals surface area contributed by atoms with Crippen LogP contribution in [0, 0.1) is 0 Å². The number of hydrogen-bond acceptors (Lipinski definition) is 4. The quantitative estimate of drug-likeness (QED) is 0.772. The van der Waals surface area contributed by atoms with Crippen molar-refractivity contribution in [1.29, 1.82) is 0 Å². The summed E-state index contributed by atoms with van der Waals surface area (Å²) in [5, 5.41) is 18.3. The first-order valence-corrected chi connectivity index (χ1v) is 5.96. The van der Waals surface area contributed by atoms with E-state index in [1.54, 1.807) is 6.92 Å². The zero-order chi connectivity index (χ0) is 11.6. The Kier molecular flexibility index (Phi) is 3.25. The fourth-order valence-corrected chi connectivity index (χ4v) is 2.09. The van der Waals surface area contributed by atoms with Gasteiger partial charge in [-0.1, -0.05) is 6.42 Å². The first kappa shape index (κ1) is 11.5. The van der Waals surface area contributed by atoms with Gasteiger partial charge < -0.3 is 15.4 Å². The number of nitrogens with zero attached hydrogens (tertiary/aromatic N) is 3. The van der Waals surface area contributed by atoms with Crippen molar-refractivity contribution in [2.75, 3.05) is 6.54 Å². The summed E-state index contributed by atoms with van der Waals surface area (Å²) in [5.74, 6) is 1.92. The highest BCUT2D eigenvalue weighted by molar-refractivity contribution is 5.01. The molecule has 3 N–H and O–H groups in total. The lowest BCUT2D eigenvalue weighted by Gasteiger charge is -2.20. The van der Waals surface area contributed by atoms with Crippen LogP contribution >= 0.6 is 0 Å². The van der Waals surface area contributed by atoms with Crippen molar-refractivity contribution in [3.05, 3.63) is 11.6 Å². The van der Waals surface area contributed by atoms with Crippen molar-refractivity contribution in [3.8, 4) is 0 Å². The van der Waals surface area contributed by atoms with Gasteiger partial charge in [-0.15, -0.1) is 10.2 Å². The molecule has 1 unspecified atom stereocenters. The molecule has 5 heteroatoms. The largest absolute Gasteiger partial charge is 0.388 e. The van der Waals surface area contributed by atoms with Crippen LogP contribution in [0.5, 0.6) is 0 Å². The molecule has 1 aliphatic heterocycles. The van der Waals surface area contributed by atoms with Gasteiger partial charge in [0.05, 0.1) is 5.60 Å². The molecule has 0 spiro atoms. The van der Waals surface area contributed by atoms with Crippen LogP contribution in [0.2, 0.25) is 0 Å². The van der Waals surface area contributed by atoms with Crippen LogP contribution < -0.4 is 5.73 Å². The predicted octanol–water partition coefficient (Wildman–Crippen LogP) is 0.257. The summed E-state index contributed by atoms with van der Waals surface area (Å²) in [6, 6.07) is 0. The third-order valence-corrected chi connectivity index (χ3v) is 3.16. The summed E-state index contributed by atoms with van der Waals surface area (Å²) in [6.07, 6.45) is 5.08. The summed E-state index contributed by atoms with van der Waals surface area (Å²) >= 11 is 0. The molecule has 0 fully saturated rings. The van der Waals surface area contributed by atoms with Crippen LogP contribution in [-0.2, 0) is 19.4 Å². The average molecular weight is 224 g/mol. The highest BCUT2D eigenvalue weighted by Crippen LogP contribution is 2.17. The van der Waals surface area contributed by atoms with Crippen molar-refractivity contribution in [1.82, 2.24) is 14.8 Å². The minimum atomic E-state index is -0.879. The molecule has 1 aromatic rings. The molecule has 2 rings (SSSR count). The van der Waals surface area contributed by atoms with Crippen LogP contribution in [-0.4, -0.2) is 32.0 Å². The van der Waals surface area contributed by atoms with Crippen molar-refractivity contribution >= 4 is 0 Å². The second-order valence-corrected chi connectivity index (χ2v) is 4.87. The fraction of sp³-hybridized carbons (Fsp3) is 0.818. The zero-order valence-electron chi connectivity index (χ0n) is 9.82. The lowest BCUT2D eigenvalue weighted by atomic mass is 10.0. The van der Waals surface area contributed by atoms with Gasteiger partial charge in [-0.05, 0) is 19.8 Å². The molecule has 16 heavy (non-hydrogen) atoms. The summed E-state index contributed by atoms with van der Waals surface area (Å²) < 4.78 is 2.15. The highest BCUT2D eigenvalue weighted by Gasteiger charge is 2.24. The molecule has 1 aliphatic rings. The molecule has 1 atom stereocenters. The molecule has 0 saturated carbocycles. The van der Waals surface area contributed by atoms with E-state index in [0.29, 0.717) is 6.42 Å². The Bertz CT molecular complexity index is 359. The van der Waals surface area contributed by atoms with E-state index in [1.165, 1.54) is 19.3 Å². The van der Waals surface area contributed by atoms with E-state index < -0.39 is 5.60 Å². The van der Waals surface area contributed by atoms with Crippen LogP contribution in [0.4, 0.5) is 0 Å². The standard InChI is InChI=1S/C11H20N4O/c1-11(16,8-12)7-10-14-13-9-5-3-2-4-6-15(9)10/h16H,2-8,12H2,1H3. The maximum atomic E-state index is 9.96. The third kappa shape index (κ3) is 2.41. The van der Waals surface area contributed by atoms with E-state index in [1.807, 2.05) is 0 Å². The Balaban J connectivity index is 2.19. The minimum absolute atomic E-state index is 0.245. The molecule has 0 bridgehead atoms. The van der Waals surface area contributed by atoms with E-state index >= 15 is 0 Å². The lowest BCUT2D eigenvalue weighted by Crippen LogP contribution is -2.37. The molecule has 5 nitrogen and oxygen atoms in total. The Morgan fingerprint density at radius 1 is 1.38 bits per heavy atom. The number of aryl methyl sites for hydroxylation is 1. The van der Waals surface area contributed by atoms with Crippen molar-refractivity contribution in [2.45, 2.75) is 51.2 Å². The summed E-state index contributed by atoms with van der Waals surface area (Å²) in [6.45, 7) is 2.96. The average Bonchev–Trinajstić information content (AvgIpc) is 2.50. The molecule has 90 valence electrons. The van der Waals surface area contributed by atoms with Gasteiger partial charge >= 0.3 is 0 Å². The van der Waals surface area contributed by atoms with E-state index in [-0.39, 0.29) is 6.54 Å². The Labute approximate surface area is 95.7 Å². The predicted molar refractivity (Wildman–Crippen MR) is 61.0 cm³/mol. The Morgan fingerprint density at radius 2 is 2.19 bits per heavy atom.